The molecule has 1 aromatic rings. The topological polar surface area (TPSA) is 9.23 Å². The largest absolute Gasteiger partial charge is 0.370 e. The third-order valence-corrected chi connectivity index (χ3v) is 5.69. The summed E-state index contributed by atoms with van der Waals surface area (Å²) in [6, 6.07) is 10.3. The van der Waals surface area contributed by atoms with E-state index in [9.17, 15) is 8.78 Å². The van der Waals surface area contributed by atoms with Crippen LogP contribution in [0.25, 0.3) is 5.57 Å². The van der Waals surface area contributed by atoms with E-state index in [0.717, 1.165) is 25.7 Å². The zero-order chi connectivity index (χ0) is 17.7. The molecule has 0 aromatic heterocycles. The number of hydrogen-bond donors (Lipinski definition) is 0. The predicted octanol–water partition coefficient (Wildman–Crippen LogP) is 6.27. The summed E-state index contributed by atoms with van der Waals surface area (Å²) < 4.78 is 32.3. The fraction of sp³-hybridized carbons (Fsp3) is 0.545. The zero-order valence-corrected chi connectivity index (χ0v) is 15.0. The van der Waals surface area contributed by atoms with Crippen molar-refractivity contribution in [1.82, 2.24) is 0 Å². The van der Waals surface area contributed by atoms with E-state index in [0.29, 0.717) is 25.4 Å². The molecule has 136 valence electrons. The third-order valence-electron chi connectivity index (χ3n) is 5.69. The lowest BCUT2D eigenvalue weighted by molar-refractivity contribution is -0.0710. The zero-order valence-electron chi connectivity index (χ0n) is 15.0. The molecule has 3 rings (SSSR count). The van der Waals surface area contributed by atoms with Crippen molar-refractivity contribution < 1.29 is 13.5 Å². The maximum absolute atomic E-state index is 13.0. The molecule has 0 aliphatic heterocycles. The average molecular weight is 346 g/mol. The summed E-state index contributed by atoms with van der Waals surface area (Å²) in [5, 5.41) is 0. The van der Waals surface area contributed by atoms with Crippen LogP contribution in [0.5, 0.6) is 0 Å². The normalized spacial score (nSPS) is 29.7. The number of alkyl halides is 2. The van der Waals surface area contributed by atoms with Crippen LogP contribution in [0.15, 0.2) is 48.6 Å². The van der Waals surface area contributed by atoms with E-state index in [1.807, 2.05) is 18.2 Å². The number of rotatable bonds is 6. The Labute approximate surface area is 149 Å². The number of benzene rings is 1. The van der Waals surface area contributed by atoms with E-state index in [4.69, 9.17) is 4.74 Å². The molecule has 1 nitrogen and oxygen atoms in total. The van der Waals surface area contributed by atoms with Gasteiger partial charge in [-0.1, -0.05) is 55.5 Å². The highest BCUT2D eigenvalue weighted by Gasteiger charge is 2.41. The highest BCUT2D eigenvalue weighted by atomic mass is 19.3. The Morgan fingerprint density at radius 3 is 2.40 bits per heavy atom. The smallest absolute Gasteiger partial charge is 0.241 e. The molecule has 1 unspecified atom stereocenters. The Morgan fingerprint density at radius 1 is 1.12 bits per heavy atom. The molecule has 0 amide bonds. The number of ether oxygens (including phenoxy) is 1. The van der Waals surface area contributed by atoms with Gasteiger partial charge in [-0.05, 0) is 55.6 Å². The third kappa shape index (κ3) is 4.20. The van der Waals surface area contributed by atoms with Gasteiger partial charge < -0.3 is 4.74 Å². The van der Waals surface area contributed by atoms with Gasteiger partial charge in [0.2, 0.25) is 6.43 Å². The van der Waals surface area contributed by atoms with Crippen molar-refractivity contribution in [2.75, 3.05) is 6.61 Å². The van der Waals surface area contributed by atoms with E-state index >= 15 is 0 Å². The Hall–Kier alpha value is -1.48. The van der Waals surface area contributed by atoms with Crippen molar-refractivity contribution in [3.63, 3.8) is 0 Å². The fourth-order valence-electron chi connectivity index (χ4n) is 4.16. The Morgan fingerprint density at radius 2 is 1.84 bits per heavy atom. The Bertz CT molecular complexity index is 600. The average Bonchev–Trinajstić information content (AvgIpc) is 2.67. The van der Waals surface area contributed by atoms with Crippen molar-refractivity contribution in [2.24, 2.45) is 11.8 Å². The van der Waals surface area contributed by atoms with E-state index < -0.39 is 12.3 Å². The standard InChI is InChI=1S/C22H28F2O/c1-2-16-25-22(20-10-8-19(9-11-20)21(23)24)14-12-18(13-15-22)17-6-4-3-5-7-17/h3-7,12-14,19-21H,2,8-11,15-16H2,1H3. The first-order chi connectivity index (χ1) is 12.1. The van der Waals surface area contributed by atoms with Crippen LogP contribution in [0.2, 0.25) is 0 Å². The summed E-state index contributed by atoms with van der Waals surface area (Å²) >= 11 is 0. The monoisotopic (exact) mass is 346 g/mol. The molecular weight excluding hydrogens is 318 g/mol. The SMILES string of the molecule is CCCOC1(C2CCC(C(F)F)CC2)C=CC(c2ccccc2)=CC1. The van der Waals surface area contributed by atoms with Gasteiger partial charge in [0, 0.05) is 12.5 Å². The predicted molar refractivity (Wildman–Crippen MR) is 98.6 cm³/mol. The minimum Gasteiger partial charge on any atom is -0.370 e. The van der Waals surface area contributed by atoms with Gasteiger partial charge >= 0.3 is 0 Å². The van der Waals surface area contributed by atoms with Gasteiger partial charge in [0.25, 0.3) is 0 Å². The van der Waals surface area contributed by atoms with Crippen molar-refractivity contribution in [3.8, 4) is 0 Å². The van der Waals surface area contributed by atoms with Crippen LogP contribution in [-0.4, -0.2) is 18.6 Å². The first-order valence-corrected chi connectivity index (χ1v) is 9.51. The molecule has 3 heteroatoms. The number of allylic oxidation sites excluding steroid dienone is 2. The minimum atomic E-state index is -2.18. The highest BCUT2D eigenvalue weighted by molar-refractivity contribution is 5.75. The van der Waals surface area contributed by atoms with E-state index in [1.165, 1.54) is 11.1 Å². The van der Waals surface area contributed by atoms with Crippen LogP contribution in [0.1, 0.15) is 51.0 Å². The van der Waals surface area contributed by atoms with Gasteiger partial charge in [0.05, 0.1) is 5.60 Å². The molecule has 0 bridgehead atoms. The molecule has 2 aliphatic carbocycles. The molecule has 0 spiro atoms. The lowest BCUT2D eigenvalue weighted by Gasteiger charge is -2.43. The molecule has 0 saturated heterocycles. The van der Waals surface area contributed by atoms with Gasteiger partial charge in [0.15, 0.2) is 0 Å². The van der Waals surface area contributed by atoms with Crippen LogP contribution in [0.3, 0.4) is 0 Å². The van der Waals surface area contributed by atoms with Crippen molar-refractivity contribution in [3.05, 3.63) is 54.1 Å². The summed E-state index contributed by atoms with van der Waals surface area (Å²) in [6.07, 6.45) is 9.13. The first kappa shape index (κ1) is 18.3. The maximum atomic E-state index is 13.0. The Balaban J connectivity index is 1.73. The second-order valence-electron chi connectivity index (χ2n) is 7.31. The van der Waals surface area contributed by atoms with Crippen LogP contribution in [0.4, 0.5) is 8.78 Å². The number of hydrogen-bond acceptors (Lipinski definition) is 1. The molecular formula is C22H28F2O. The molecule has 1 aromatic carbocycles. The lowest BCUT2D eigenvalue weighted by atomic mass is 9.70. The van der Waals surface area contributed by atoms with Crippen LogP contribution < -0.4 is 0 Å². The highest BCUT2D eigenvalue weighted by Crippen LogP contribution is 2.44. The second-order valence-corrected chi connectivity index (χ2v) is 7.31. The molecule has 1 atom stereocenters. The first-order valence-electron chi connectivity index (χ1n) is 9.51. The van der Waals surface area contributed by atoms with E-state index in [1.54, 1.807) is 0 Å². The Kier molecular flexibility index (Phi) is 6.06. The molecule has 1 saturated carbocycles. The van der Waals surface area contributed by atoms with Crippen LogP contribution in [-0.2, 0) is 4.74 Å². The summed E-state index contributed by atoms with van der Waals surface area (Å²) in [7, 11) is 0. The van der Waals surface area contributed by atoms with Crippen LogP contribution in [0, 0.1) is 11.8 Å². The lowest BCUT2D eigenvalue weighted by Crippen LogP contribution is -2.42. The molecule has 25 heavy (non-hydrogen) atoms. The molecule has 1 fully saturated rings. The molecule has 2 aliphatic rings. The maximum Gasteiger partial charge on any atom is 0.241 e. The molecule has 0 N–H and O–H groups in total. The van der Waals surface area contributed by atoms with Crippen molar-refractivity contribution in [1.29, 1.82) is 0 Å². The minimum absolute atomic E-state index is 0.318. The second kappa shape index (κ2) is 8.27. The number of halogens is 2. The van der Waals surface area contributed by atoms with Crippen molar-refractivity contribution in [2.45, 2.75) is 57.5 Å². The quantitative estimate of drug-likeness (QED) is 0.590. The summed E-state index contributed by atoms with van der Waals surface area (Å²) in [6.45, 7) is 2.83. The van der Waals surface area contributed by atoms with Gasteiger partial charge in [-0.2, -0.15) is 0 Å². The van der Waals surface area contributed by atoms with Gasteiger partial charge in [-0.15, -0.1) is 0 Å². The van der Waals surface area contributed by atoms with Gasteiger partial charge in [-0.25, -0.2) is 8.78 Å². The van der Waals surface area contributed by atoms with Gasteiger partial charge in [-0.3, -0.25) is 0 Å². The van der Waals surface area contributed by atoms with E-state index in [2.05, 4.69) is 37.3 Å². The summed E-state index contributed by atoms with van der Waals surface area (Å²) in [4.78, 5) is 0. The van der Waals surface area contributed by atoms with Crippen molar-refractivity contribution >= 4 is 5.57 Å². The van der Waals surface area contributed by atoms with Gasteiger partial charge in [0.1, 0.15) is 0 Å². The molecule has 0 heterocycles. The van der Waals surface area contributed by atoms with E-state index in [-0.39, 0.29) is 5.60 Å². The van der Waals surface area contributed by atoms with Crippen LogP contribution >= 0.6 is 0 Å². The summed E-state index contributed by atoms with van der Waals surface area (Å²) in [5.41, 5.74) is 2.11. The fourth-order valence-corrected chi connectivity index (χ4v) is 4.16. The summed E-state index contributed by atoms with van der Waals surface area (Å²) in [5.74, 6) is -0.0960. The molecule has 0 radical (unpaired) electrons.